The highest BCUT2D eigenvalue weighted by Crippen LogP contribution is 2.25. The molecule has 0 aliphatic heterocycles. The maximum atomic E-state index is 13.0. The lowest BCUT2D eigenvalue weighted by Gasteiger charge is -2.09. The Kier molecular flexibility index (Phi) is 3.46. The second-order valence-electron chi connectivity index (χ2n) is 3.49. The molecule has 2 aromatic carbocycles. The maximum absolute atomic E-state index is 13.0. The van der Waals surface area contributed by atoms with Crippen LogP contribution in [0, 0.1) is 15.2 Å². The zero-order valence-electron chi connectivity index (χ0n) is 8.68. The van der Waals surface area contributed by atoms with E-state index in [1.165, 1.54) is 6.07 Å². The van der Waals surface area contributed by atoms with Crippen LogP contribution in [0.25, 0.3) is 0 Å². The molecule has 2 rings (SSSR count). The van der Waals surface area contributed by atoms with Crippen molar-refractivity contribution in [3.63, 3.8) is 0 Å². The summed E-state index contributed by atoms with van der Waals surface area (Å²) in [7, 11) is 0. The Bertz CT molecular complexity index is 558. The van der Waals surface area contributed by atoms with E-state index in [0.717, 1.165) is 15.7 Å². The van der Waals surface area contributed by atoms with Crippen LogP contribution in [0.3, 0.4) is 0 Å². The molecule has 0 bridgehead atoms. The number of hydrogen-bond donors (Lipinski definition) is 2. The van der Waals surface area contributed by atoms with Crippen LogP contribution in [0.15, 0.2) is 36.4 Å². The van der Waals surface area contributed by atoms with E-state index < -0.39 is 11.6 Å². The molecule has 0 aliphatic carbocycles. The van der Waals surface area contributed by atoms with Gasteiger partial charge < -0.3 is 11.1 Å². The van der Waals surface area contributed by atoms with Gasteiger partial charge in [-0.15, -0.1) is 0 Å². The highest BCUT2D eigenvalue weighted by molar-refractivity contribution is 14.1. The summed E-state index contributed by atoms with van der Waals surface area (Å²) >= 11 is 2.15. The maximum Gasteiger partial charge on any atom is 0.160 e. The third kappa shape index (κ3) is 2.85. The van der Waals surface area contributed by atoms with Gasteiger partial charge in [0.15, 0.2) is 11.6 Å². The topological polar surface area (TPSA) is 38.0 Å². The fourth-order valence-corrected chi connectivity index (χ4v) is 1.89. The molecule has 0 saturated heterocycles. The molecule has 88 valence electrons. The Labute approximate surface area is 111 Å². The van der Waals surface area contributed by atoms with Gasteiger partial charge >= 0.3 is 0 Å². The summed E-state index contributed by atoms with van der Waals surface area (Å²) < 4.78 is 26.8. The smallest absolute Gasteiger partial charge is 0.160 e. The lowest BCUT2D eigenvalue weighted by atomic mass is 10.2. The quantitative estimate of drug-likeness (QED) is 0.640. The van der Waals surface area contributed by atoms with Crippen molar-refractivity contribution in [2.45, 2.75) is 0 Å². The van der Waals surface area contributed by atoms with Gasteiger partial charge in [-0.3, -0.25) is 0 Å². The molecule has 2 nitrogen and oxygen atoms in total. The second-order valence-corrected chi connectivity index (χ2v) is 4.73. The van der Waals surface area contributed by atoms with E-state index in [9.17, 15) is 8.78 Å². The normalized spacial score (nSPS) is 10.3. The average Bonchev–Trinajstić information content (AvgIpc) is 2.27. The summed E-state index contributed by atoms with van der Waals surface area (Å²) in [4.78, 5) is 0. The van der Waals surface area contributed by atoms with Gasteiger partial charge in [-0.2, -0.15) is 0 Å². The molecular weight excluding hydrogens is 337 g/mol. The van der Waals surface area contributed by atoms with Crippen molar-refractivity contribution >= 4 is 39.7 Å². The van der Waals surface area contributed by atoms with Gasteiger partial charge in [0, 0.05) is 15.3 Å². The summed E-state index contributed by atoms with van der Waals surface area (Å²) in [6, 6.07) is 9.07. The van der Waals surface area contributed by atoms with Crippen LogP contribution >= 0.6 is 22.6 Å². The van der Waals surface area contributed by atoms with Crippen LogP contribution < -0.4 is 11.1 Å². The lowest BCUT2D eigenvalue weighted by Crippen LogP contribution is -1.97. The zero-order chi connectivity index (χ0) is 12.4. The van der Waals surface area contributed by atoms with E-state index in [0.29, 0.717) is 17.1 Å². The Morgan fingerprint density at radius 3 is 2.41 bits per heavy atom. The minimum atomic E-state index is -0.890. The number of nitrogens with one attached hydrogen (secondary N) is 1. The number of benzene rings is 2. The van der Waals surface area contributed by atoms with E-state index >= 15 is 0 Å². The van der Waals surface area contributed by atoms with Crippen LogP contribution in [0.4, 0.5) is 25.8 Å². The first-order valence-corrected chi connectivity index (χ1v) is 5.91. The third-order valence-corrected chi connectivity index (χ3v) is 2.88. The summed E-state index contributed by atoms with van der Waals surface area (Å²) in [5.74, 6) is -1.76. The monoisotopic (exact) mass is 346 g/mol. The number of halogens is 3. The SMILES string of the molecule is Nc1cc(I)ccc1Nc1ccc(F)c(F)c1. The molecule has 0 heterocycles. The summed E-state index contributed by atoms with van der Waals surface area (Å²) in [5.41, 5.74) is 7.48. The minimum Gasteiger partial charge on any atom is -0.397 e. The van der Waals surface area contributed by atoms with Crippen molar-refractivity contribution in [1.29, 1.82) is 0 Å². The molecule has 0 fully saturated rings. The van der Waals surface area contributed by atoms with Crippen LogP contribution in [0.5, 0.6) is 0 Å². The molecule has 5 heteroatoms. The summed E-state index contributed by atoms with van der Waals surface area (Å²) in [5, 5.41) is 2.93. The third-order valence-electron chi connectivity index (χ3n) is 2.21. The van der Waals surface area contributed by atoms with Gasteiger partial charge in [-0.25, -0.2) is 8.78 Å². The second kappa shape index (κ2) is 4.87. The molecular formula is C12H9F2IN2. The summed E-state index contributed by atoms with van der Waals surface area (Å²) in [6.45, 7) is 0. The standard InChI is InChI=1S/C12H9F2IN2/c13-9-3-2-8(6-10(9)14)17-12-4-1-7(15)5-11(12)16/h1-6,17H,16H2. The van der Waals surface area contributed by atoms with Gasteiger partial charge in [0.05, 0.1) is 11.4 Å². The minimum absolute atomic E-state index is 0.455. The van der Waals surface area contributed by atoms with E-state index in [1.807, 2.05) is 6.07 Å². The molecule has 3 N–H and O–H groups in total. The van der Waals surface area contributed by atoms with E-state index in [2.05, 4.69) is 27.9 Å². The highest BCUT2D eigenvalue weighted by Gasteiger charge is 2.04. The number of nitrogens with two attached hydrogens (primary N) is 1. The highest BCUT2D eigenvalue weighted by atomic mass is 127. The average molecular weight is 346 g/mol. The number of rotatable bonds is 2. The van der Waals surface area contributed by atoms with Gasteiger partial charge in [0.1, 0.15) is 0 Å². The molecule has 0 spiro atoms. The van der Waals surface area contributed by atoms with Gasteiger partial charge in [-0.1, -0.05) is 0 Å². The van der Waals surface area contributed by atoms with Crippen molar-refractivity contribution in [3.8, 4) is 0 Å². The fraction of sp³-hybridized carbons (Fsp3) is 0. The van der Waals surface area contributed by atoms with Crippen LogP contribution in [0.2, 0.25) is 0 Å². The molecule has 0 amide bonds. The predicted octanol–water partition coefficient (Wildman–Crippen LogP) is 3.90. The Balaban J connectivity index is 2.28. The number of hydrogen-bond acceptors (Lipinski definition) is 2. The molecule has 0 atom stereocenters. The van der Waals surface area contributed by atoms with Gasteiger partial charge in [0.25, 0.3) is 0 Å². The Morgan fingerprint density at radius 2 is 1.76 bits per heavy atom. The van der Waals surface area contributed by atoms with Crippen molar-refractivity contribution in [2.75, 3.05) is 11.1 Å². The largest absolute Gasteiger partial charge is 0.397 e. The van der Waals surface area contributed by atoms with E-state index in [-0.39, 0.29) is 0 Å². The van der Waals surface area contributed by atoms with Crippen molar-refractivity contribution in [2.24, 2.45) is 0 Å². The molecule has 0 unspecified atom stereocenters. The number of anilines is 3. The molecule has 0 aliphatic rings. The van der Waals surface area contributed by atoms with Crippen molar-refractivity contribution in [1.82, 2.24) is 0 Å². The van der Waals surface area contributed by atoms with Crippen LogP contribution in [0.1, 0.15) is 0 Å². The predicted molar refractivity (Wildman–Crippen MR) is 73.2 cm³/mol. The van der Waals surface area contributed by atoms with Crippen molar-refractivity contribution < 1.29 is 8.78 Å². The Hall–Kier alpha value is -1.37. The Morgan fingerprint density at radius 1 is 1.00 bits per heavy atom. The van der Waals surface area contributed by atoms with E-state index in [1.54, 1.807) is 12.1 Å². The van der Waals surface area contributed by atoms with E-state index in [4.69, 9.17) is 5.73 Å². The zero-order valence-corrected chi connectivity index (χ0v) is 10.8. The number of nitrogen functional groups attached to an aromatic ring is 1. The first-order chi connectivity index (χ1) is 8.06. The van der Waals surface area contributed by atoms with Gasteiger partial charge in [-0.05, 0) is 52.9 Å². The van der Waals surface area contributed by atoms with Crippen LogP contribution in [-0.4, -0.2) is 0 Å². The molecule has 0 radical (unpaired) electrons. The molecule has 17 heavy (non-hydrogen) atoms. The van der Waals surface area contributed by atoms with Crippen molar-refractivity contribution in [3.05, 3.63) is 51.6 Å². The first kappa shape index (κ1) is 12.1. The first-order valence-electron chi connectivity index (χ1n) is 4.83. The fourth-order valence-electron chi connectivity index (χ4n) is 1.38. The van der Waals surface area contributed by atoms with Crippen LogP contribution in [-0.2, 0) is 0 Å². The molecule has 2 aromatic rings. The molecule has 0 aromatic heterocycles. The molecule has 0 saturated carbocycles. The lowest BCUT2D eigenvalue weighted by molar-refractivity contribution is 0.509. The van der Waals surface area contributed by atoms with Gasteiger partial charge in [0.2, 0.25) is 0 Å². The summed E-state index contributed by atoms with van der Waals surface area (Å²) in [6.07, 6.45) is 0.